The van der Waals surface area contributed by atoms with Crippen LogP contribution >= 0.6 is 11.8 Å². The number of amides is 4. The van der Waals surface area contributed by atoms with E-state index in [2.05, 4.69) is 10.6 Å². The molecule has 2 N–H and O–H groups in total. The molecule has 0 spiro atoms. The first-order valence-corrected chi connectivity index (χ1v) is 10.2. The molecule has 158 valence electrons. The first kappa shape index (κ1) is 21.8. The third-order valence-electron chi connectivity index (χ3n) is 4.76. The van der Waals surface area contributed by atoms with Crippen LogP contribution in [0.3, 0.4) is 0 Å². The second-order valence-electron chi connectivity index (χ2n) is 7.08. The molecule has 6 nitrogen and oxygen atoms in total. The SMILES string of the molecule is Cc1ccc(SCCNC(=O)CN2C(=O)N[C@](C)(c3cc(F)ccc3F)C2=O)cc1. The van der Waals surface area contributed by atoms with Crippen molar-refractivity contribution in [3.8, 4) is 0 Å². The molecule has 0 bridgehead atoms. The van der Waals surface area contributed by atoms with Gasteiger partial charge in [-0.15, -0.1) is 11.8 Å². The molecule has 1 fully saturated rings. The van der Waals surface area contributed by atoms with Crippen LogP contribution in [0.1, 0.15) is 18.1 Å². The summed E-state index contributed by atoms with van der Waals surface area (Å²) in [6.07, 6.45) is 0. The summed E-state index contributed by atoms with van der Waals surface area (Å²) in [5, 5.41) is 5.01. The van der Waals surface area contributed by atoms with Crippen LogP contribution in [0.5, 0.6) is 0 Å². The minimum atomic E-state index is -1.79. The van der Waals surface area contributed by atoms with Gasteiger partial charge in [0.1, 0.15) is 23.7 Å². The van der Waals surface area contributed by atoms with Crippen LogP contribution in [0.4, 0.5) is 13.6 Å². The van der Waals surface area contributed by atoms with Crippen molar-refractivity contribution in [3.05, 3.63) is 65.2 Å². The molecule has 2 aromatic carbocycles. The zero-order valence-electron chi connectivity index (χ0n) is 16.5. The van der Waals surface area contributed by atoms with Gasteiger partial charge in [0.25, 0.3) is 5.91 Å². The number of carbonyl (C=O) groups excluding carboxylic acids is 3. The lowest BCUT2D eigenvalue weighted by Gasteiger charge is -2.22. The Labute approximate surface area is 177 Å². The van der Waals surface area contributed by atoms with Gasteiger partial charge in [-0.2, -0.15) is 0 Å². The molecule has 0 saturated carbocycles. The van der Waals surface area contributed by atoms with Crippen LogP contribution < -0.4 is 10.6 Å². The molecule has 0 aliphatic carbocycles. The van der Waals surface area contributed by atoms with Gasteiger partial charge < -0.3 is 10.6 Å². The molecule has 1 aliphatic rings. The molecule has 0 unspecified atom stereocenters. The van der Waals surface area contributed by atoms with E-state index in [9.17, 15) is 23.2 Å². The van der Waals surface area contributed by atoms with Crippen LogP contribution in [0, 0.1) is 18.6 Å². The fourth-order valence-corrected chi connectivity index (χ4v) is 3.87. The average molecular weight is 433 g/mol. The summed E-state index contributed by atoms with van der Waals surface area (Å²) in [5.74, 6) is -2.29. The van der Waals surface area contributed by atoms with Gasteiger partial charge in [-0.1, -0.05) is 17.7 Å². The highest BCUT2D eigenvalue weighted by Gasteiger charge is 2.50. The van der Waals surface area contributed by atoms with Gasteiger partial charge in [0.2, 0.25) is 5.91 Å². The van der Waals surface area contributed by atoms with Crippen molar-refractivity contribution in [1.82, 2.24) is 15.5 Å². The summed E-state index contributed by atoms with van der Waals surface area (Å²) in [5.41, 5.74) is -0.922. The van der Waals surface area contributed by atoms with Gasteiger partial charge in [0.15, 0.2) is 0 Å². The fourth-order valence-electron chi connectivity index (χ4n) is 3.10. The van der Waals surface area contributed by atoms with Crippen LogP contribution in [0.25, 0.3) is 0 Å². The van der Waals surface area contributed by atoms with E-state index >= 15 is 0 Å². The topological polar surface area (TPSA) is 78.5 Å². The lowest BCUT2D eigenvalue weighted by atomic mass is 9.91. The first-order valence-electron chi connectivity index (χ1n) is 9.26. The van der Waals surface area contributed by atoms with E-state index in [1.54, 1.807) is 11.8 Å². The van der Waals surface area contributed by atoms with Crippen LogP contribution in [-0.2, 0) is 15.1 Å². The minimum Gasteiger partial charge on any atom is -0.354 e. The largest absolute Gasteiger partial charge is 0.354 e. The highest BCUT2D eigenvalue weighted by Crippen LogP contribution is 2.31. The van der Waals surface area contributed by atoms with Crippen molar-refractivity contribution in [1.29, 1.82) is 0 Å². The monoisotopic (exact) mass is 433 g/mol. The molecule has 2 aromatic rings. The zero-order chi connectivity index (χ0) is 21.9. The number of imide groups is 1. The van der Waals surface area contributed by atoms with Crippen molar-refractivity contribution in [2.24, 2.45) is 0 Å². The Hall–Kier alpha value is -2.94. The third kappa shape index (κ3) is 4.62. The molecule has 1 saturated heterocycles. The second kappa shape index (κ2) is 8.83. The van der Waals surface area contributed by atoms with E-state index in [1.165, 1.54) is 6.92 Å². The summed E-state index contributed by atoms with van der Waals surface area (Å²) in [7, 11) is 0. The lowest BCUT2D eigenvalue weighted by Crippen LogP contribution is -2.44. The number of urea groups is 1. The van der Waals surface area contributed by atoms with Crippen molar-refractivity contribution in [3.63, 3.8) is 0 Å². The lowest BCUT2D eigenvalue weighted by molar-refractivity contribution is -0.134. The number of hydrogen-bond acceptors (Lipinski definition) is 4. The van der Waals surface area contributed by atoms with Crippen molar-refractivity contribution >= 4 is 29.6 Å². The smallest absolute Gasteiger partial charge is 0.325 e. The number of nitrogens with zero attached hydrogens (tertiary/aromatic N) is 1. The van der Waals surface area contributed by atoms with Crippen LogP contribution in [0.2, 0.25) is 0 Å². The fraction of sp³-hybridized carbons (Fsp3) is 0.286. The molecule has 30 heavy (non-hydrogen) atoms. The Kier molecular flexibility index (Phi) is 6.40. The Morgan fingerprint density at radius 2 is 1.87 bits per heavy atom. The van der Waals surface area contributed by atoms with E-state index in [0.717, 1.165) is 28.7 Å². The van der Waals surface area contributed by atoms with Gasteiger partial charge in [-0.05, 0) is 44.2 Å². The predicted molar refractivity (Wildman–Crippen MR) is 109 cm³/mol. The van der Waals surface area contributed by atoms with Gasteiger partial charge in [0, 0.05) is 22.8 Å². The van der Waals surface area contributed by atoms with E-state index in [4.69, 9.17) is 0 Å². The standard InChI is InChI=1S/C21H21F2N3O3S/c1-13-3-6-15(7-4-13)30-10-9-24-18(27)12-26-19(28)21(2,25-20(26)29)16-11-14(22)5-8-17(16)23/h3-8,11H,9-10,12H2,1-2H3,(H,24,27)(H,25,29)/t21-/m1/s1. The van der Waals surface area contributed by atoms with Crippen LogP contribution in [-0.4, -0.2) is 41.6 Å². The number of nitrogens with one attached hydrogen (secondary N) is 2. The van der Waals surface area contributed by atoms with Crippen molar-refractivity contribution in [2.45, 2.75) is 24.3 Å². The maximum absolute atomic E-state index is 14.2. The minimum absolute atomic E-state index is 0.293. The second-order valence-corrected chi connectivity index (χ2v) is 8.25. The summed E-state index contributed by atoms with van der Waals surface area (Å²) in [6.45, 7) is 3.11. The van der Waals surface area contributed by atoms with E-state index in [-0.39, 0.29) is 5.56 Å². The predicted octanol–water partition coefficient (Wildman–Crippen LogP) is 2.95. The molecule has 0 radical (unpaired) electrons. The van der Waals surface area contributed by atoms with Crippen molar-refractivity contribution in [2.75, 3.05) is 18.8 Å². The molecule has 1 heterocycles. The number of rotatable bonds is 7. The Bertz CT molecular complexity index is 984. The van der Waals surface area contributed by atoms with Gasteiger partial charge in [-0.3, -0.25) is 14.5 Å². The number of benzene rings is 2. The number of aryl methyl sites for hydroxylation is 1. The quantitative estimate of drug-likeness (QED) is 0.400. The number of hydrogen-bond donors (Lipinski definition) is 2. The number of halogens is 2. The molecule has 1 aliphatic heterocycles. The highest BCUT2D eigenvalue weighted by atomic mass is 32.2. The Morgan fingerprint density at radius 1 is 1.17 bits per heavy atom. The first-order chi connectivity index (χ1) is 14.2. The normalized spacial score (nSPS) is 18.5. The summed E-state index contributed by atoms with van der Waals surface area (Å²) in [6, 6.07) is 9.80. The van der Waals surface area contributed by atoms with Gasteiger partial charge >= 0.3 is 6.03 Å². The molecule has 1 atom stereocenters. The summed E-state index contributed by atoms with van der Waals surface area (Å²) in [4.78, 5) is 38.9. The third-order valence-corrected chi connectivity index (χ3v) is 5.77. The van der Waals surface area contributed by atoms with E-state index in [0.29, 0.717) is 17.2 Å². The molecule has 9 heteroatoms. The molecule has 0 aromatic heterocycles. The molecular formula is C21H21F2N3O3S. The molecule has 4 amide bonds. The Morgan fingerprint density at radius 3 is 2.57 bits per heavy atom. The van der Waals surface area contributed by atoms with Gasteiger partial charge in [-0.25, -0.2) is 13.6 Å². The summed E-state index contributed by atoms with van der Waals surface area (Å²) >= 11 is 1.56. The average Bonchev–Trinajstić information content (AvgIpc) is 2.92. The highest BCUT2D eigenvalue weighted by molar-refractivity contribution is 7.99. The maximum Gasteiger partial charge on any atom is 0.325 e. The Balaban J connectivity index is 1.56. The van der Waals surface area contributed by atoms with E-state index < -0.39 is 41.6 Å². The number of carbonyl (C=O) groups is 3. The molecule has 3 rings (SSSR count). The molecular weight excluding hydrogens is 412 g/mol. The van der Waals surface area contributed by atoms with Crippen LogP contribution in [0.15, 0.2) is 47.4 Å². The summed E-state index contributed by atoms with van der Waals surface area (Å²) < 4.78 is 27.7. The number of thioether (sulfide) groups is 1. The van der Waals surface area contributed by atoms with Crippen molar-refractivity contribution < 1.29 is 23.2 Å². The van der Waals surface area contributed by atoms with E-state index in [1.807, 2.05) is 31.2 Å². The van der Waals surface area contributed by atoms with Gasteiger partial charge in [0.05, 0.1) is 0 Å². The zero-order valence-corrected chi connectivity index (χ0v) is 17.3. The maximum atomic E-state index is 14.2.